The Morgan fingerprint density at radius 1 is 1.09 bits per heavy atom. The predicted molar refractivity (Wildman–Crippen MR) is 133 cm³/mol. The third-order valence-electron chi connectivity index (χ3n) is 6.03. The number of hydrogen-bond acceptors (Lipinski definition) is 7. The van der Waals surface area contributed by atoms with E-state index in [1.165, 1.54) is 23.9 Å². The molecule has 2 aromatic carbocycles. The van der Waals surface area contributed by atoms with Crippen molar-refractivity contribution in [2.24, 2.45) is 0 Å². The molecule has 1 N–H and O–H groups in total. The number of ether oxygens (including phenoxy) is 2. The summed E-state index contributed by atoms with van der Waals surface area (Å²) in [4.78, 5) is 23.7. The van der Waals surface area contributed by atoms with Crippen LogP contribution in [0.25, 0.3) is 0 Å². The second-order valence-corrected chi connectivity index (χ2v) is 9.68. The van der Waals surface area contributed by atoms with Gasteiger partial charge in [-0.1, -0.05) is 47.6 Å². The smallest absolute Gasteiger partial charge is 0.255 e. The molecule has 0 unspecified atom stereocenters. The molecular weight excluding hydrogens is 491 g/mol. The number of carbonyl (C=O) groups excluding carboxylic acids is 1. The average Bonchev–Trinajstić information content (AvgIpc) is 3.32. The third kappa shape index (κ3) is 5.75. The van der Waals surface area contributed by atoms with Crippen molar-refractivity contribution in [2.75, 3.05) is 36.5 Å². The number of aromatic nitrogens is 2. The van der Waals surface area contributed by atoms with Crippen LogP contribution in [0.5, 0.6) is 0 Å². The molecule has 2 saturated heterocycles. The fourth-order valence-corrected chi connectivity index (χ4v) is 5.17. The minimum atomic E-state index is -0.473. The lowest BCUT2D eigenvalue weighted by molar-refractivity contribution is -0.169. The summed E-state index contributed by atoms with van der Waals surface area (Å²) in [6.45, 7) is 2.84. The Morgan fingerprint density at radius 2 is 1.80 bits per heavy atom. The van der Waals surface area contributed by atoms with Gasteiger partial charge in [-0.15, -0.1) is 0 Å². The first kappa shape index (κ1) is 24.0. The summed E-state index contributed by atoms with van der Waals surface area (Å²) in [5.74, 6) is 0.122. The van der Waals surface area contributed by atoms with Crippen molar-refractivity contribution in [1.29, 1.82) is 0 Å². The minimum absolute atomic E-state index is 0.151. The molecule has 35 heavy (non-hydrogen) atoms. The zero-order valence-electron chi connectivity index (χ0n) is 18.9. The summed E-state index contributed by atoms with van der Waals surface area (Å²) in [6.07, 6.45) is 1.57. The van der Waals surface area contributed by atoms with Gasteiger partial charge in [-0.2, -0.15) is 0 Å². The quantitative estimate of drug-likeness (QED) is 0.277. The van der Waals surface area contributed by atoms with Gasteiger partial charge in [0.05, 0.1) is 18.9 Å². The van der Waals surface area contributed by atoms with Gasteiger partial charge in [-0.05, 0) is 29.8 Å². The van der Waals surface area contributed by atoms with Gasteiger partial charge in [0, 0.05) is 43.3 Å². The average molecular weight is 515 g/mol. The number of rotatable bonds is 6. The van der Waals surface area contributed by atoms with E-state index in [4.69, 9.17) is 26.1 Å². The maximum absolute atomic E-state index is 13.8. The highest BCUT2D eigenvalue weighted by molar-refractivity contribution is 7.98. The number of benzene rings is 2. The van der Waals surface area contributed by atoms with E-state index < -0.39 is 11.6 Å². The van der Waals surface area contributed by atoms with Crippen molar-refractivity contribution in [3.63, 3.8) is 0 Å². The van der Waals surface area contributed by atoms with Crippen LogP contribution in [0.3, 0.4) is 0 Å². The minimum Gasteiger partial charge on any atom is -0.356 e. The first-order chi connectivity index (χ1) is 17.0. The highest BCUT2D eigenvalue weighted by Gasteiger charge is 2.40. The van der Waals surface area contributed by atoms with Crippen LogP contribution in [0, 0.1) is 5.82 Å². The lowest BCUT2D eigenvalue weighted by Gasteiger charge is -2.38. The predicted octanol–water partition coefficient (Wildman–Crippen LogP) is 5.16. The number of halogens is 2. The molecule has 1 amide bonds. The topological polar surface area (TPSA) is 76.6 Å². The number of anilines is 2. The second-order valence-electron chi connectivity index (χ2n) is 8.35. The van der Waals surface area contributed by atoms with Crippen molar-refractivity contribution in [2.45, 2.75) is 29.5 Å². The van der Waals surface area contributed by atoms with Crippen LogP contribution in [0.4, 0.5) is 15.9 Å². The number of para-hydroxylation sites is 1. The molecule has 2 aliphatic rings. The van der Waals surface area contributed by atoms with Crippen LogP contribution in [0.1, 0.15) is 28.8 Å². The summed E-state index contributed by atoms with van der Waals surface area (Å²) in [5, 5.41) is 3.57. The summed E-state index contributed by atoms with van der Waals surface area (Å²) in [7, 11) is 0. The Bertz CT molecular complexity index is 1200. The van der Waals surface area contributed by atoms with Crippen LogP contribution < -0.4 is 10.2 Å². The lowest BCUT2D eigenvalue weighted by atomic mass is 10.0. The molecule has 0 bridgehead atoms. The molecular formula is C25H24ClFN4O3S. The van der Waals surface area contributed by atoms with E-state index >= 15 is 0 Å². The van der Waals surface area contributed by atoms with Crippen molar-refractivity contribution >= 4 is 40.8 Å². The molecule has 182 valence electrons. The Morgan fingerprint density at radius 3 is 2.51 bits per heavy atom. The SMILES string of the molecule is O=C(Nc1ccccc1F)c1ccc(CSc2nc(Cl)cc(N3CCC4(CC3)OCCO4)n2)cc1. The molecule has 3 aromatic rings. The second kappa shape index (κ2) is 10.5. The van der Waals surface area contributed by atoms with Crippen LogP contribution in [0.15, 0.2) is 59.8 Å². The first-order valence-corrected chi connectivity index (χ1v) is 12.7. The fraction of sp³-hybridized carbons (Fsp3) is 0.320. The molecule has 0 atom stereocenters. The maximum Gasteiger partial charge on any atom is 0.255 e. The number of amides is 1. The van der Waals surface area contributed by atoms with E-state index in [9.17, 15) is 9.18 Å². The van der Waals surface area contributed by atoms with Gasteiger partial charge in [0.2, 0.25) is 0 Å². The van der Waals surface area contributed by atoms with Gasteiger partial charge in [0.15, 0.2) is 10.9 Å². The molecule has 1 aromatic heterocycles. The maximum atomic E-state index is 13.8. The molecule has 0 saturated carbocycles. The zero-order valence-corrected chi connectivity index (χ0v) is 20.4. The first-order valence-electron chi connectivity index (χ1n) is 11.3. The number of piperidine rings is 1. The zero-order chi connectivity index (χ0) is 24.3. The fourth-order valence-electron chi connectivity index (χ4n) is 4.13. The third-order valence-corrected chi connectivity index (χ3v) is 7.14. The van der Waals surface area contributed by atoms with E-state index in [1.54, 1.807) is 30.3 Å². The van der Waals surface area contributed by atoms with Gasteiger partial charge >= 0.3 is 0 Å². The van der Waals surface area contributed by atoms with Crippen LogP contribution in [-0.4, -0.2) is 48.0 Å². The van der Waals surface area contributed by atoms with Crippen molar-refractivity contribution in [3.05, 3.63) is 76.7 Å². The van der Waals surface area contributed by atoms with Gasteiger partial charge in [-0.3, -0.25) is 4.79 Å². The molecule has 7 nitrogen and oxygen atoms in total. The molecule has 3 heterocycles. The normalized spacial score (nSPS) is 17.0. The van der Waals surface area contributed by atoms with Gasteiger partial charge < -0.3 is 19.7 Å². The van der Waals surface area contributed by atoms with E-state index in [0.29, 0.717) is 34.8 Å². The standard InChI is InChI=1S/C25H24ClFN4O3S/c26-21-15-22(31-11-9-25(10-12-31)33-13-14-34-25)30-24(29-21)35-16-17-5-7-18(8-6-17)23(32)28-20-4-2-1-3-19(20)27/h1-8,15H,9-14,16H2,(H,28,32). The lowest BCUT2D eigenvalue weighted by Crippen LogP contribution is -2.45. The Labute approximate surface area is 212 Å². The van der Waals surface area contributed by atoms with E-state index in [2.05, 4.69) is 15.2 Å². The summed E-state index contributed by atoms with van der Waals surface area (Å²) < 4.78 is 25.4. The van der Waals surface area contributed by atoms with Crippen LogP contribution >= 0.6 is 23.4 Å². The molecule has 2 fully saturated rings. The molecule has 10 heteroatoms. The summed E-state index contributed by atoms with van der Waals surface area (Å²) >= 11 is 7.76. The number of nitrogens with one attached hydrogen (secondary N) is 1. The van der Waals surface area contributed by atoms with Gasteiger partial charge in [0.1, 0.15) is 16.8 Å². The summed E-state index contributed by atoms with van der Waals surface area (Å²) in [6, 6.07) is 15.0. The number of nitrogens with zero attached hydrogens (tertiary/aromatic N) is 3. The number of carbonyl (C=O) groups is 1. The Hall–Kier alpha value is -2.72. The largest absolute Gasteiger partial charge is 0.356 e. The Balaban J connectivity index is 1.18. The Kier molecular flexibility index (Phi) is 7.19. The number of hydrogen-bond donors (Lipinski definition) is 1. The van der Waals surface area contributed by atoms with E-state index in [1.807, 2.05) is 12.1 Å². The number of thioether (sulfide) groups is 1. The molecule has 0 radical (unpaired) electrons. The highest BCUT2D eigenvalue weighted by Crippen LogP contribution is 2.34. The van der Waals surface area contributed by atoms with Crippen molar-refractivity contribution in [1.82, 2.24) is 9.97 Å². The molecule has 5 rings (SSSR count). The van der Waals surface area contributed by atoms with Gasteiger partial charge in [0.25, 0.3) is 5.91 Å². The molecule has 2 aliphatic heterocycles. The molecule has 1 spiro atoms. The summed E-state index contributed by atoms with van der Waals surface area (Å²) in [5.41, 5.74) is 1.60. The van der Waals surface area contributed by atoms with Crippen molar-refractivity contribution < 1.29 is 18.7 Å². The van der Waals surface area contributed by atoms with Gasteiger partial charge in [-0.25, -0.2) is 14.4 Å². The van der Waals surface area contributed by atoms with Crippen LogP contribution in [0.2, 0.25) is 5.15 Å². The molecule has 0 aliphatic carbocycles. The van der Waals surface area contributed by atoms with Crippen molar-refractivity contribution in [3.8, 4) is 0 Å². The van der Waals surface area contributed by atoms with E-state index in [-0.39, 0.29) is 11.6 Å². The monoisotopic (exact) mass is 514 g/mol. The highest BCUT2D eigenvalue weighted by atomic mass is 35.5. The van der Waals surface area contributed by atoms with E-state index in [0.717, 1.165) is 37.3 Å². The van der Waals surface area contributed by atoms with Crippen LogP contribution in [-0.2, 0) is 15.2 Å².